The third-order valence-electron chi connectivity index (χ3n) is 3.59. The van der Waals surface area contributed by atoms with Crippen molar-refractivity contribution >= 4 is 16.6 Å². The van der Waals surface area contributed by atoms with Crippen LogP contribution in [0.3, 0.4) is 0 Å². The molecule has 0 unspecified atom stereocenters. The highest BCUT2D eigenvalue weighted by molar-refractivity contribution is 5.95. The first-order valence-corrected chi connectivity index (χ1v) is 6.39. The number of hydrogen-bond acceptors (Lipinski definition) is 3. The molecule has 94 valence electrons. The monoisotopic (exact) mass is 242 g/mol. The van der Waals surface area contributed by atoms with Crippen LogP contribution in [-0.4, -0.2) is 18.6 Å². The smallest absolute Gasteiger partial charge is 0.0755 e. The minimum absolute atomic E-state index is 0.668. The summed E-state index contributed by atoms with van der Waals surface area (Å²) < 4.78 is 5.57. The zero-order valence-corrected chi connectivity index (χ0v) is 11.1. The molecule has 0 amide bonds. The van der Waals surface area contributed by atoms with E-state index in [1.54, 1.807) is 0 Å². The first-order chi connectivity index (χ1) is 8.70. The van der Waals surface area contributed by atoms with Crippen LogP contribution in [0.1, 0.15) is 22.4 Å². The van der Waals surface area contributed by atoms with E-state index in [4.69, 9.17) is 9.72 Å². The summed E-state index contributed by atoms with van der Waals surface area (Å²) in [6.45, 7) is 5.70. The van der Waals surface area contributed by atoms with Gasteiger partial charge < -0.3 is 10.1 Å². The van der Waals surface area contributed by atoms with E-state index in [1.165, 1.54) is 33.5 Å². The van der Waals surface area contributed by atoms with Gasteiger partial charge in [-0.15, -0.1) is 0 Å². The number of ether oxygens (including phenoxy) is 1. The Balaban J connectivity index is 2.40. The molecule has 0 bridgehead atoms. The van der Waals surface area contributed by atoms with Gasteiger partial charge in [-0.25, -0.2) is 0 Å². The summed E-state index contributed by atoms with van der Waals surface area (Å²) in [4.78, 5) is 4.84. The molecule has 0 radical (unpaired) electrons. The maximum atomic E-state index is 5.57. The number of nitrogens with one attached hydrogen (secondary N) is 1. The maximum absolute atomic E-state index is 5.57. The molecule has 0 spiro atoms. The second-order valence-corrected chi connectivity index (χ2v) is 4.94. The number of pyridine rings is 1. The van der Waals surface area contributed by atoms with Gasteiger partial charge in [-0.1, -0.05) is 11.6 Å². The summed E-state index contributed by atoms with van der Waals surface area (Å²) in [5, 5.41) is 4.54. The van der Waals surface area contributed by atoms with Gasteiger partial charge >= 0.3 is 0 Å². The molecule has 1 aliphatic rings. The van der Waals surface area contributed by atoms with Gasteiger partial charge in [0.05, 0.1) is 30.1 Å². The Morgan fingerprint density at radius 1 is 1.28 bits per heavy atom. The number of aromatic nitrogens is 1. The van der Waals surface area contributed by atoms with Crippen molar-refractivity contribution in [2.24, 2.45) is 0 Å². The first kappa shape index (κ1) is 11.5. The highest BCUT2D eigenvalue weighted by Crippen LogP contribution is 2.33. The molecule has 1 aromatic heterocycles. The van der Waals surface area contributed by atoms with Gasteiger partial charge in [0, 0.05) is 24.4 Å². The Hall–Kier alpha value is -1.61. The third-order valence-corrected chi connectivity index (χ3v) is 3.59. The van der Waals surface area contributed by atoms with Crippen molar-refractivity contribution in [1.29, 1.82) is 0 Å². The van der Waals surface area contributed by atoms with Crippen molar-refractivity contribution < 1.29 is 4.74 Å². The number of benzene rings is 1. The molecule has 3 heteroatoms. The second kappa shape index (κ2) is 4.25. The lowest BCUT2D eigenvalue weighted by Gasteiger charge is -2.21. The van der Waals surface area contributed by atoms with Crippen LogP contribution in [0.5, 0.6) is 0 Å². The van der Waals surface area contributed by atoms with Crippen LogP contribution in [0.15, 0.2) is 12.1 Å². The molecule has 3 rings (SSSR count). The van der Waals surface area contributed by atoms with Gasteiger partial charge in [-0.3, -0.25) is 4.98 Å². The number of fused-ring (bicyclic) bond motifs is 2. The van der Waals surface area contributed by atoms with Gasteiger partial charge in [0.25, 0.3) is 0 Å². The number of rotatable bonds is 1. The number of hydrogen-bond donors (Lipinski definition) is 1. The number of nitrogens with zero attached hydrogens (tertiary/aromatic N) is 1. The van der Waals surface area contributed by atoms with Crippen LogP contribution >= 0.6 is 0 Å². The second-order valence-electron chi connectivity index (χ2n) is 4.94. The van der Waals surface area contributed by atoms with Crippen LogP contribution < -0.4 is 5.32 Å². The van der Waals surface area contributed by atoms with E-state index in [0.29, 0.717) is 6.61 Å². The largest absolute Gasteiger partial charge is 0.387 e. The van der Waals surface area contributed by atoms with E-state index in [-0.39, 0.29) is 0 Å². The predicted octanol–water partition coefficient (Wildman–Crippen LogP) is 2.97. The summed E-state index contributed by atoms with van der Waals surface area (Å²) in [7, 11) is 1.97. The molecule has 1 aliphatic heterocycles. The third kappa shape index (κ3) is 1.66. The SMILES string of the molecule is CNc1c2c(nc3c(C)cc(C)cc13)CCOC2. The van der Waals surface area contributed by atoms with Crippen LogP contribution in [0.25, 0.3) is 10.9 Å². The van der Waals surface area contributed by atoms with E-state index in [9.17, 15) is 0 Å². The lowest BCUT2D eigenvalue weighted by molar-refractivity contribution is 0.110. The van der Waals surface area contributed by atoms with Gasteiger partial charge in [0.2, 0.25) is 0 Å². The molecule has 1 N–H and O–H groups in total. The first-order valence-electron chi connectivity index (χ1n) is 6.39. The Morgan fingerprint density at radius 2 is 2.11 bits per heavy atom. The normalized spacial score (nSPS) is 14.6. The molecule has 0 aliphatic carbocycles. The molecule has 3 nitrogen and oxygen atoms in total. The fraction of sp³-hybridized carbons (Fsp3) is 0.400. The summed E-state index contributed by atoms with van der Waals surface area (Å²) in [5.41, 5.74) is 7.23. The Labute approximate surface area is 107 Å². The molecular weight excluding hydrogens is 224 g/mol. The van der Waals surface area contributed by atoms with Crippen molar-refractivity contribution in [3.8, 4) is 0 Å². The highest BCUT2D eigenvalue weighted by atomic mass is 16.5. The van der Waals surface area contributed by atoms with Crippen LogP contribution in [0, 0.1) is 13.8 Å². The van der Waals surface area contributed by atoms with Crippen molar-refractivity contribution in [2.45, 2.75) is 26.9 Å². The average Bonchev–Trinajstić information content (AvgIpc) is 2.36. The predicted molar refractivity (Wildman–Crippen MR) is 74.1 cm³/mol. The van der Waals surface area contributed by atoms with Gasteiger partial charge in [0.1, 0.15) is 0 Å². The van der Waals surface area contributed by atoms with Crippen LogP contribution in [0.2, 0.25) is 0 Å². The molecule has 2 heterocycles. The zero-order chi connectivity index (χ0) is 12.7. The Kier molecular flexibility index (Phi) is 2.71. The van der Waals surface area contributed by atoms with E-state index >= 15 is 0 Å². The minimum Gasteiger partial charge on any atom is -0.387 e. The molecule has 2 aromatic rings. The van der Waals surface area contributed by atoms with Crippen LogP contribution in [0.4, 0.5) is 5.69 Å². The Morgan fingerprint density at radius 3 is 2.89 bits per heavy atom. The van der Waals surface area contributed by atoms with E-state index < -0.39 is 0 Å². The van der Waals surface area contributed by atoms with Crippen molar-refractivity contribution in [1.82, 2.24) is 4.98 Å². The summed E-state index contributed by atoms with van der Waals surface area (Å²) in [6, 6.07) is 4.40. The quantitative estimate of drug-likeness (QED) is 0.834. The van der Waals surface area contributed by atoms with Gasteiger partial charge in [-0.2, -0.15) is 0 Å². The lowest BCUT2D eigenvalue weighted by Crippen LogP contribution is -2.14. The van der Waals surface area contributed by atoms with Crippen molar-refractivity contribution in [2.75, 3.05) is 19.0 Å². The zero-order valence-electron chi connectivity index (χ0n) is 11.1. The van der Waals surface area contributed by atoms with E-state index in [1.807, 2.05) is 7.05 Å². The average molecular weight is 242 g/mol. The molecule has 0 atom stereocenters. The van der Waals surface area contributed by atoms with Crippen molar-refractivity contribution in [3.63, 3.8) is 0 Å². The van der Waals surface area contributed by atoms with E-state index in [2.05, 4.69) is 31.3 Å². The topological polar surface area (TPSA) is 34.2 Å². The van der Waals surface area contributed by atoms with E-state index in [0.717, 1.165) is 18.5 Å². The number of anilines is 1. The molecule has 0 fully saturated rings. The molecule has 0 saturated carbocycles. The lowest BCUT2D eigenvalue weighted by atomic mass is 9.99. The number of aryl methyl sites for hydroxylation is 2. The molecule has 1 aromatic carbocycles. The Bertz CT molecular complexity index is 620. The minimum atomic E-state index is 0.668. The molecule has 18 heavy (non-hydrogen) atoms. The fourth-order valence-electron chi connectivity index (χ4n) is 2.80. The standard InChI is InChI=1S/C15H18N2O/c1-9-6-10(2)14-11(7-9)15(16-3)12-8-18-5-4-13(12)17-14/h6-7H,4-5,8H2,1-3H3,(H,16,17). The van der Waals surface area contributed by atoms with Crippen LogP contribution in [-0.2, 0) is 17.8 Å². The summed E-state index contributed by atoms with van der Waals surface area (Å²) in [6.07, 6.45) is 0.910. The summed E-state index contributed by atoms with van der Waals surface area (Å²) >= 11 is 0. The summed E-state index contributed by atoms with van der Waals surface area (Å²) in [5.74, 6) is 0. The maximum Gasteiger partial charge on any atom is 0.0755 e. The highest BCUT2D eigenvalue weighted by Gasteiger charge is 2.18. The van der Waals surface area contributed by atoms with Gasteiger partial charge in [-0.05, 0) is 25.5 Å². The molecule has 0 saturated heterocycles. The van der Waals surface area contributed by atoms with Gasteiger partial charge in [0.15, 0.2) is 0 Å². The van der Waals surface area contributed by atoms with Crippen molar-refractivity contribution in [3.05, 3.63) is 34.5 Å². The fourth-order valence-corrected chi connectivity index (χ4v) is 2.80. The molecular formula is C15H18N2O.